The molecule has 2 rings (SSSR count). The van der Waals surface area contributed by atoms with Crippen LogP contribution in [0.3, 0.4) is 0 Å². The molecule has 110 valence electrons. The number of benzene rings is 2. The molecule has 6 heteroatoms. The molecule has 0 atom stereocenters. The number of anilines is 1. The van der Waals surface area contributed by atoms with E-state index in [0.717, 1.165) is 10.2 Å². The van der Waals surface area contributed by atoms with Crippen molar-refractivity contribution in [1.82, 2.24) is 5.32 Å². The van der Waals surface area contributed by atoms with Gasteiger partial charge in [0.05, 0.1) is 11.6 Å². The Balaban J connectivity index is 1.70. The number of amides is 2. The zero-order chi connectivity index (χ0) is 15.1. The third-order valence-corrected chi connectivity index (χ3v) is 3.42. The van der Waals surface area contributed by atoms with Crippen molar-refractivity contribution in [1.29, 1.82) is 0 Å². The average Bonchev–Trinajstić information content (AvgIpc) is 2.48. The lowest BCUT2D eigenvalue weighted by molar-refractivity contribution is 0.247. The third kappa shape index (κ3) is 5.28. The van der Waals surface area contributed by atoms with E-state index in [2.05, 4.69) is 26.6 Å². The summed E-state index contributed by atoms with van der Waals surface area (Å²) < 4.78 is 6.43. The molecule has 0 aliphatic carbocycles. The van der Waals surface area contributed by atoms with Crippen molar-refractivity contribution in [3.63, 3.8) is 0 Å². The summed E-state index contributed by atoms with van der Waals surface area (Å²) in [5.74, 6) is 0.606. The predicted octanol–water partition coefficient (Wildman–Crippen LogP) is 4.30. The number of carbonyl (C=O) groups excluding carboxylic acids is 1. The number of para-hydroxylation sites is 1. The Morgan fingerprint density at radius 1 is 1.14 bits per heavy atom. The van der Waals surface area contributed by atoms with Gasteiger partial charge in [0.2, 0.25) is 0 Å². The SMILES string of the molecule is O=C(NCCOc1ccccc1Cl)Nc1ccc(Br)cc1. The molecule has 21 heavy (non-hydrogen) atoms. The maximum atomic E-state index is 11.7. The van der Waals surface area contributed by atoms with Gasteiger partial charge in [0.25, 0.3) is 0 Å². The summed E-state index contributed by atoms with van der Waals surface area (Å²) in [4.78, 5) is 11.7. The summed E-state index contributed by atoms with van der Waals surface area (Å²) in [5.41, 5.74) is 0.725. The summed E-state index contributed by atoms with van der Waals surface area (Å²) in [6, 6.07) is 14.3. The molecule has 0 saturated carbocycles. The number of hydrogen-bond donors (Lipinski definition) is 2. The van der Waals surface area contributed by atoms with Crippen molar-refractivity contribution in [3.05, 3.63) is 58.0 Å². The van der Waals surface area contributed by atoms with Gasteiger partial charge in [-0.05, 0) is 36.4 Å². The Labute approximate surface area is 136 Å². The van der Waals surface area contributed by atoms with E-state index >= 15 is 0 Å². The van der Waals surface area contributed by atoms with Gasteiger partial charge in [-0.1, -0.05) is 39.7 Å². The zero-order valence-corrected chi connectivity index (χ0v) is 13.4. The van der Waals surface area contributed by atoms with Gasteiger partial charge in [0.1, 0.15) is 12.4 Å². The zero-order valence-electron chi connectivity index (χ0n) is 11.1. The fourth-order valence-corrected chi connectivity index (χ4v) is 2.05. The van der Waals surface area contributed by atoms with Crippen LogP contribution in [0, 0.1) is 0 Å². The molecule has 0 aliphatic heterocycles. The van der Waals surface area contributed by atoms with Crippen LogP contribution < -0.4 is 15.4 Å². The van der Waals surface area contributed by atoms with Gasteiger partial charge in [0.15, 0.2) is 0 Å². The van der Waals surface area contributed by atoms with Crippen LogP contribution in [0.4, 0.5) is 10.5 Å². The molecule has 0 fully saturated rings. The van der Waals surface area contributed by atoms with Crippen LogP contribution in [0.15, 0.2) is 53.0 Å². The normalized spacial score (nSPS) is 10.0. The van der Waals surface area contributed by atoms with Crippen LogP contribution in [0.1, 0.15) is 0 Å². The van der Waals surface area contributed by atoms with Crippen molar-refractivity contribution >= 4 is 39.2 Å². The number of halogens is 2. The van der Waals surface area contributed by atoms with Gasteiger partial charge in [-0.25, -0.2) is 4.79 Å². The number of ether oxygens (including phenoxy) is 1. The minimum atomic E-state index is -0.278. The number of carbonyl (C=O) groups is 1. The van der Waals surface area contributed by atoms with Crippen molar-refractivity contribution in [2.45, 2.75) is 0 Å². The number of hydrogen-bond acceptors (Lipinski definition) is 2. The summed E-state index contributed by atoms with van der Waals surface area (Å²) >= 11 is 9.29. The smallest absolute Gasteiger partial charge is 0.319 e. The summed E-state index contributed by atoms with van der Waals surface area (Å²) in [7, 11) is 0. The standard InChI is InChI=1S/C15H14BrClN2O2/c16-11-5-7-12(8-6-11)19-15(20)18-9-10-21-14-4-2-1-3-13(14)17/h1-8H,9-10H2,(H2,18,19,20). The second-order valence-electron chi connectivity index (χ2n) is 4.17. The van der Waals surface area contributed by atoms with Crippen molar-refractivity contribution in [2.75, 3.05) is 18.5 Å². The van der Waals surface area contributed by atoms with Crippen molar-refractivity contribution in [2.24, 2.45) is 0 Å². The molecule has 0 bridgehead atoms. The highest BCUT2D eigenvalue weighted by molar-refractivity contribution is 9.10. The van der Waals surface area contributed by atoms with Crippen LogP contribution in [0.2, 0.25) is 5.02 Å². The number of urea groups is 1. The lowest BCUT2D eigenvalue weighted by atomic mass is 10.3. The Bertz CT molecular complexity index is 605. The molecule has 0 aliphatic rings. The maximum Gasteiger partial charge on any atom is 0.319 e. The van der Waals surface area contributed by atoms with Crippen LogP contribution in [-0.4, -0.2) is 19.2 Å². The van der Waals surface area contributed by atoms with Gasteiger partial charge >= 0.3 is 6.03 Å². The second-order valence-corrected chi connectivity index (χ2v) is 5.49. The van der Waals surface area contributed by atoms with Crippen molar-refractivity contribution in [3.8, 4) is 5.75 Å². The molecule has 0 saturated heterocycles. The molecule has 0 aromatic heterocycles. The van der Waals surface area contributed by atoms with E-state index in [1.807, 2.05) is 36.4 Å². The quantitative estimate of drug-likeness (QED) is 0.772. The predicted molar refractivity (Wildman–Crippen MR) is 88.1 cm³/mol. The number of nitrogens with one attached hydrogen (secondary N) is 2. The van der Waals surface area contributed by atoms with E-state index in [1.165, 1.54) is 0 Å². The van der Waals surface area contributed by atoms with E-state index in [0.29, 0.717) is 23.9 Å². The van der Waals surface area contributed by atoms with E-state index in [1.54, 1.807) is 12.1 Å². The average molecular weight is 370 g/mol. The topological polar surface area (TPSA) is 50.4 Å². The Kier molecular flexibility index (Phi) is 5.90. The molecule has 2 aromatic rings. The van der Waals surface area contributed by atoms with Gasteiger partial charge < -0.3 is 15.4 Å². The summed E-state index contributed by atoms with van der Waals surface area (Å²) in [6.45, 7) is 0.727. The highest BCUT2D eigenvalue weighted by Crippen LogP contribution is 2.22. The first-order valence-corrected chi connectivity index (χ1v) is 7.50. The first-order chi connectivity index (χ1) is 10.1. The Hall–Kier alpha value is -1.72. The highest BCUT2D eigenvalue weighted by atomic mass is 79.9. The molecule has 0 radical (unpaired) electrons. The van der Waals surface area contributed by atoms with E-state index in [9.17, 15) is 4.79 Å². The molecular weight excluding hydrogens is 356 g/mol. The van der Waals surface area contributed by atoms with Crippen LogP contribution in [-0.2, 0) is 0 Å². The monoisotopic (exact) mass is 368 g/mol. The second kappa shape index (κ2) is 7.90. The van der Waals surface area contributed by atoms with Gasteiger partial charge in [-0.15, -0.1) is 0 Å². The Morgan fingerprint density at radius 3 is 2.57 bits per heavy atom. The van der Waals surface area contributed by atoms with Gasteiger partial charge in [-0.3, -0.25) is 0 Å². The molecule has 4 nitrogen and oxygen atoms in total. The largest absolute Gasteiger partial charge is 0.490 e. The van der Waals surface area contributed by atoms with Crippen LogP contribution in [0.5, 0.6) is 5.75 Å². The van der Waals surface area contributed by atoms with Gasteiger partial charge in [0, 0.05) is 10.2 Å². The molecular formula is C15H14BrClN2O2. The lowest BCUT2D eigenvalue weighted by Crippen LogP contribution is -2.32. The first kappa shape index (κ1) is 15.7. The summed E-state index contributed by atoms with van der Waals surface area (Å²) in [6.07, 6.45) is 0. The lowest BCUT2D eigenvalue weighted by Gasteiger charge is -2.10. The van der Waals surface area contributed by atoms with E-state index < -0.39 is 0 Å². The van der Waals surface area contributed by atoms with Crippen LogP contribution in [0.25, 0.3) is 0 Å². The van der Waals surface area contributed by atoms with E-state index in [4.69, 9.17) is 16.3 Å². The molecule has 2 aromatic carbocycles. The van der Waals surface area contributed by atoms with Crippen molar-refractivity contribution < 1.29 is 9.53 Å². The molecule has 0 heterocycles. The highest BCUT2D eigenvalue weighted by Gasteiger charge is 2.02. The molecule has 0 spiro atoms. The Morgan fingerprint density at radius 2 is 1.86 bits per heavy atom. The van der Waals surface area contributed by atoms with E-state index in [-0.39, 0.29) is 6.03 Å². The minimum Gasteiger partial charge on any atom is -0.490 e. The first-order valence-electron chi connectivity index (χ1n) is 6.33. The fourth-order valence-electron chi connectivity index (χ4n) is 1.60. The third-order valence-electron chi connectivity index (χ3n) is 2.58. The molecule has 0 unspecified atom stereocenters. The molecule has 2 N–H and O–H groups in total. The molecule has 2 amide bonds. The maximum absolute atomic E-state index is 11.7. The minimum absolute atomic E-state index is 0.278. The summed E-state index contributed by atoms with van der Waals surface area (Å²) in [5, 5.41) is 5.98. The van der Waals surface area contributed by atoms with Gasteiger partial charge in [-0.2, -0.15) is 0 Å². The number of rotatable bonds is 5. The fraction of sp³-hybridized carbons (Fsp3) is 0.133. The van der Waals surface area contributed by atoms with Crippen LogP contribution >= 0.6 is 27.5 Å².